The highest BCUT2D eigenvalue weighted by Crippen LogP contribution is 2.20. The number of benzene rings is 1. The van der Waals surface area contributed by atoms with E-state index in [1.807, 2.05) is 0 Å². The highest BCUT2D eigenvalue weighted by atomic mass is 32.1. The number of carbonyl (C=O) groups is 1. The Bertz CT molecular complexity index is 506. The van der Waals surface area contributed by atoms with Crippen LogP contribution in [-0.4, -0.2) is 35.4 Å². The molecule has 0 aliphatic carbocycles. The third-order valence-corrected chi connectivity index (χ3v) is 3.25. The number of hydrogen-bond acceptors (Lipinski definition) is 3. The zero-order valence-electron chi connectivity index (χ0n) is 9.94. The molecule has 6 heteroatoms. The molecule has 0 bridgehead atoms. The number of carbonyl (C=O) groups excluding carboxylic acids is 1. The number of likely N-dealkylation sites (tertiary alicyclic amines) is 1. The summed E-state index contributed by atoms with van der Waals surface area (Å²) in [4.78, 5) is 13.5. The number of thiocarbonyl (C=S) groups is 1. The molecule has 0 saturated carbocycles. The highest BCUT2D eigenvalue weighted by molar-refractivity contribution is 7.80. The maximum atomic E-state index is 13.8. The first-order valence-corrected chi connectivity index (χ1v) is 6.00. The van der Waals surface area contributed by atoms with Gasteiger partial charge in [-0.05, 0) is 24.6 Å². The number of anilines is 1. The first-order chi connectivity index (χ1) is 8.49. The zero-order chi connectivity index (χ0) is 13.3. The summed E-state index contributed by atoms with van der Waals surface area (Å²) in [5.41, 5.74) is 6.19. The van der Waals surface area contributed by atoms with E-state index in [1.54, 1.807) is 24.1 Å². The van der Waals surface area contributed by atoms with Gasteiger partial charge in [0, 0.05) is 19.2 Å². The van der Waals surface area contributed by atoms with E-state index in [-0.39, 0.29) is 16.9 Å². The summed E-state index contributed by atoms with van der Waals surface area (Å²) in [5, 5.41) is 2.91. The average molecular weight is 267 g/mol. The van der Waals surface area contributed by atoms with E-state index in [4.69, 9.17) is 18.0 Å². The van der Waals surface area contributed by atoms with E-state index in [9.17, 15) is 9.18 Å². The van der Waals surface area contributed by atoms with Gasteiger partial charge in [-0.1, -0.05) is 12.2 Å². The number of amides is 1. The minimum atomic E-state index is -0.456. The van der Waals surface area contributed by atoms with Crippen LogP contribution in [-0.2, 0) is 4.79 Å². The smallest absolute Gasteiger partial charge is 0.244 e. The Hall–Kier alpha value is -1.69. The van der Waals surface area contributed by atoms with Crippen LogP contribution >= 0.6 is 12.2 Å². The average Bonchev–Trinajstić information content (AvgIpc) is 2.63. The predicted molar refractivity (Wildman–Crippen MR) is 72.0 cm³/mol. The molecule has 0 spiro atoms. The van der Waals surface area contributed by atoms with Gasteiger partial charge in [0.2, 0.25) is 5.91 Å². The fourth-order valence-electron chi connectivity index (χ4n) is 1.93. The van der Waals surface area contributed by atoms with E-state index >= 15 is 0 Å². The molecule has 0 aromatic heterocycles. The Labute approximate surface area is 110 Å². The number of nitrogens with two attached hydrogens (primary N) is 1. The lowest BCUT2D eigenvalue weighted by molar-refractivity contribution is -0.127. The third kappa shape index (κ3) is 2.43. The van der Waals surface area contributed by atoms with Gasteiger partial charge in [-0.15, -0.1) is 0 Å². The van der Waals surface area contributed by atoms with Crippen molar-refractivity contribution in [1.29, 1.82) is 0 Å². The van der Waals surface area contributed by atoms with Crippen LogP contribution in [0.5, 0.6) is 0 Å². The molecule has 1 aromatic carbocycles. The normalized spacial score (nSPS) is 19.1. The fourth-order valence-corrected chi connectivity index (χ4v) is 2.06. The molecule has 1 fully saturated rings. The van der Waals surface area contributed by atoms with E-state index in [1.165, 1.54) is 6.07 Å². The molecule has 96 valence electrons. The Morgan fingerprint density at radius 2 is 2.33 bits per heavy atom. The quantitative estimate of drug-likeness (QED) is 0.805. The lowest BCUT2D eigenvalue weighted by atomic mass is 10.1. The molecular weight excluding hydrogens is 253 g/mol. The van der Waals surface area contributed by atoms with Crippen LogP contribution < -0.4 is 11.1 Å². The van der Waals surface area contributed by atoms with Gasteiger partial charge in [-0.3, -0.25) is 4.79 Å². The van der Waals surface area contributed by atoms with Crippen molar-refractivity contribution in [2.45, 2.75) is 12.5 Å². The summed E-state index contributed by atoms with van der Waals surface area (Å²) in [5.74, 6) is -0.476. The van der Waals surface area contributed by atoms with Gasteiger partial charge in [0.1, 0.15) is 16.8 Å². The van der Waals surface area contributed by atoms with Crippen LogP contribution in [0.2, 0.25) is 0 Å². The zero-order valence-corrected chi connectivity index (χ0v) is 10.8. The first-order valence-electron chi connectivity index (χ1n) is 5.60. The van der Waals surface area contributed by atoms with Crippen molar-refractivity contribution < 1.29 is 9.18 Å². The van der Waals surface area contributed by atoms with Gasteiger partial charge < -0.3 is 16.0 Å². The summed E-state index contributed by atoms with van der Waals surface area (Å²) in [7, 11) is 1.73. The minimum Gasteiger partial charge on any atom is -0.389 e. The summed E-state index contributed by atoms with van der Waals surface area (Å²) >= 11 is 4.77. The number of rotatable bonds is 3. The number of nitrogens with zero attached hydrogens (tertiary/aromatic N) is 1. The van der Waals surface area contributed by atoms with Crippen LogP contribution in [0.15, 0.2) is 18.2 Å². The second-order valence-corrected chi connectivity index (χ2v) is 4.74. The van der Waals surface area contributed by atoms with Crippen LogP contribution in [0.3, 0.4) is 0 Å². The molecule has 1 unspecified atom stereocenters. The predicted octanol–water partition coefficient (Wildman–Crippen LogP) is 1.10. The molecule has 1 atom stereocenters. The molecule has 2 rings (SSSR count). The van der Waals surface area contributed by atoms with Gasteiger partial charge in [0.05, 0.1) is 5.69 Å². The van der Waals surface area contributed by atoms with Gasteiger partial charge in [0.15, 0.2) is 0 Å². The van der Waals surface area contributed by atoms with E-state index in [0.717, 1.165) is 0 Å². The Balaban J connectivity index is 2.15. The van der Waals surface area contributed by atoms with Gasteiger partial charge in [-0.25, -0.2) is 4.39 Å². The van der Waals surface area contributed by atoms with Crippen molar-refractivity contribution in [2.75, 3.05) is 18.9 Å². The Morgan fingerprint density at radius 1 is 1.61 bits per heavy atom. The number of halogens is 1. The SMILES string of the molecule is CN1CCC(Nc2ccc(C(N)=S)cc2F)C1=O. The molecule has 1 aliphatic heterocycles. The van der Waals surface area contributed by atoms with E-state index in [2.05, 4.69) is 5.32 Å². The number of nitrogens with one attached hydrogen (secondary N) is 1. The van der Waals surface area contributed by atoms with Crippen molar-refractivity contribution in [1.82, 2.24) is 4.90 Å². The standard InChI is InChI=1S/C12H14FN3OS/c1-16-5-4-10(12(16)17)15-9-3-2-7(11(14)18)6-8(9)13/h2-3,6,10,15H,4-5H2,1H3,(H2,14,18). The molecule has 4 nitrogen and oxygen atoms in total. The third-order valence-electron chi connectivity index (χ3n) is 3.01. The molecule has 1 saturated heterocycles. The van der Waals surface area contributed by atoms with Crippen LogP contribution in [0.4, 0.5) is 10.1 Å². The van der Waals surface area contributed by atoms with Gasteiger partial charge in [0.25, 0.3) is 0 Å². The van der Waals surface area contributed by atoms with Gasteiger partial charge >= 0.3 is 0 Å². The Kier molecular flexibility index (Phi) is 3.47. The summed E-state index contributed by atoms with van der Waals surface area (Å²) in [6.07, 6.45) is 0.672. The van der Waals surface area contributed by atoms with Crippen LogP contribution in [0, 0.1) is 5.82 Å². The lowest BCUT2D eigenvalue weighted by Gasteiger charge is -2.14. The van der Waals surface area contributed by atoms with Crippen LogP contribution in [0.1, 0.15) is 12.0 Å². The Morgan fingerprint density at radius 3 is 2.83 bits per heavy atom. The second kappa shape index (κ2) is 4.89. The molecular formula is C12H14FN3OS. The maximum absolute atomic E-state index is 13.8. The van der Waals surface area contributed by atoms with E-state index in [0.29, 0.717) is 24.2 Å². The summed E-state index contributed by atoms with van der Waals surface area (Å²) in [6, 6.07) is 4.10. The van der Waals surface area contributed by atoms with Crippen molar-refractivity contribution in [2.24, 2.45) is 5.73 Å². The maximum Gasteiger partial charge on any atom is 0.244 e. The fraction of sp³-hybridized carbons (Fsp3) is 0.333. The largest absolute Gasteiger partial charge is 0.389 e. The van der Waals surface area contributed by atoms with Crippen molar-refractivity contribution >= 4 is 28.8 Å². The van der Waals surface area contributed by atoms with Crippen LogP contribution in [0.25, 0.3) is 0 Å². The lowest BCUT2D eigenvalue weighted by Crippen LogP contribution is -2.31. The molecule has 18 heavy (non-hydrogen) atoms. The van der Waals surface area contributed by atoms with Gasteiger partial charge in [-0.2, -0.15) is 0 Å². The second-order valence-electron chi connectivity index (χ2n) is 4.30. The molecule has 1 aliphatic rings. The summed E-state index contributed by atoms with van der Waals surface area (Å²) in [6.45, 7) is 0.684. The molecule has 1 amide bonds. The molecule has 0 radical (unpaired) electrons. The molecule has 3 N–H and O–H groups in total. The van der Waals surface area contributed by atoms with Crippen molar-refractivity contribution in [3.63, 3.8) is 0 Å². The first kappa shape index (κ1) is 12.8. The van der Waals surface area contributed by atoms with Crippen molar-refractivity contribution in [3.8, 4) is 0 Å². The summed E-state index contributed by atoms with van der Waals surface area (Å²) < 4.78 is 13.8. The minimum absolute atomic E-state index is 0.0205. The molecule has 1 heterocycles. The van der Waals surface area contributed by atoms with E-state index < -0.39 is 5.82 Å². The van der Waals surface area contributed by atoms with Crippen molar-refractivity contribution in [3.05, 3.63) is 29.6 Å². The highest BCUT2D eigenvalue weighted by Gasteiger charge is 2.29. The molecule has 1 aromatic rings. The topological polar surface area (TPSA) is 58.4 Å². The number of likely N-dealkylation sites (N-methyl/N-ethyl adjacent to an activating group) is 1. The number of hydrogen-bond donors (Lipinski definition) is 2. The monoisotopic (exact) mass is 267 g/mol.